The van der Waals surface area contributed by atoms with Crippen molar-refractivity contribution in [2.45, 2.75) is 12.5 Å². The minimum absolute atomic E-state index is 0.332. The van der Waals surface area contributed by atoms with Gasteiger partial charge in [0.2, 0.25) is 0 Å². The minimum atomic E-state index is 0.332. The molecule has 5 heteroatoms. The van der Waals surface area contributed by atoms with Gasteiger partial charge < -0.3 is 20.1 Å². The Morgan fingerprint density at radius 3 is 2.38 bits per heavy atom. The molecule has 1 fully saturated rings. The van der Waals surface area contributed by atoms with Gasteiger partial charge in [0, 0.05) is 38.3 Å². The van der Waals surface area contributed by atoms with Crippen molar-refractivity contribution >= 4 is 5.69 Å². The summed E-state index contributed by atoms with van der Waals surface area (Å²) in [5.41, 5.74) is 8.04. The van der Waals surface area contributed by atoms with Gasteiger partial charge in [0.15, 0.2) is 0 Å². The first-order valence-corrected chi connectivity index (χ1v) is 7.35. The molecule has 1 aliphatic rings. The van der Waals surface area contributed by atoms with E-state index in [1.54, 1.807) is 14.2 Å². The van der Waals surface area contributed by atoms with E-state index in [2.05, 4.69) is 24.1 Å². The van der Waals surface area contributed by atoms with E-state index in [4.69, 9.17) is 15.2 Å². The molecule has 2 unspecified atom stereocenters. The van der Waals surface area contributed by atoms with Crippen LogP contribution >= 0.6 is 0 Å². The number of nitrogens with zero attached hydrogens (tertiary/aromatic N) is 2. The maximum absolute atomic E-state index is 5.84. The first-order valence-electron chi connectivity index (χ1n) is 7.35. The summed E-state index contributed by atoms with van der Waals surface area (Å²) in [6.07, 6.45) is 1.06. The summed E-state index contributed by atoms with van der Waals surface area (Å²) in [5.74, 6) is 2.33. The Balaban J connectivity index is 2.43. The van der Waals surface area contributed by atoms with Gasteiger partial charge in [0.25, 0.3) is 0 Å². The van der Waals surface area contributed by atoms with Gasteiger partial charge in [-0.15, -0.1) is 0 Å². The number of hydrogen-bond acceptors (Lipinski definition) is 5. The van der Waals surface area contributed by atoms with Crippen molar-refractivity contribution in [2.24, 2.45) is 11.7 Å². The predicted octanol–water partition coefficient (Wildman–Crippen LogP) is 1.72. The molecule has 21 heavy (non-hydrogen) atoms. The Kier molecular flexibility index (Phi) is 4.96. The number of methoxy groups -OCH3 is 2. The number of anilines is 1. The Morgan fingerprint density at radius 1 is 1.24 bits per heavy atom. The van der Waals surface area contributed by atoms with Gasteiger partial charge >= 0.3 is 0 Å². The van der Waals surface area contributed by atoms with E-state index in [0.717, 1.165) is 36.7 Å². The molecule has 118 valence electrons. The maximum atomic E-state index is 5.84. The molecule has 1 aliphatic heterocycles. The highest BCUT2D eigenvalue weighted by atomic mass is 16.5. The molecule has 1 heterocycles. The third kappa shape index (κ3) is 3.09. The molecule has 2 rings (SSSR count). The highest BCUT2D eigenvalue weighted by Crippen LogP contribution is 2.43. The van der Waals surface area contributed by atoms with Crippen molar-refractivity contribution in [2.75, 3.05) is 53.4 Å². The van der Waals surface area contributed by atoms with Crippen LogP contribution in [-0.2, 0) is 0 Å². The molecule has 5 nitrogen and oxygen atoms in total. The van der Waals surface area contributed by atoms with Crippen LogP contribution in [0.1, 0.15) is 18.0 Å². The number of hydrogen-bond donors (Lipinski definition) is 1. The predicted molar refractivity (Wildman–Crippen MR) is 86.4 cm³/mol. The molecule has 2 N–H and O–H groups in total. The molecule has 0 aromatic heterocycles. The lowest BCUT2D eigenvalue weighted by atomic mass is 9.98. The van der Waals surface area contributed by atoms with E-state index in [1.165, 1.54) is 5.56 Å². The summed E-state index contributed by atoms with van der Waals surface area (Å²) in [6, 6.07) is 4.49. The highest BCUT2D eigenvalue weighted by molar-refractivity contribution is 5.64. The first kappa shape index (κ1) is 15.9. The molecule has 0 aliphatic carbocycles. The standard InChI is InChI=1S/C16H27N3O2/c1-18(2)14-8-15(20-4)12(7-16(14)21-5)13-6-11(9-17)10-19(13)3/h7-8,11,13H,6,9-10,17H2,1-5H3. The van der Waals surface area contributed by atoms with Crippen LogP contribution in [0.3, 0.4) is 0 Å². The second-order valence-corrected chi connectivity index (χ2v) is 5.95. The molecule has 0 radical (unpaired) electrons. The average molecular weight is 293 g/mol. The molecular weight excluding hydrogens is 266 g/mol. The lowest BCUT2D eigenvalue weighted by molar-refractivity contribution is 0.301. The third-order valence-electron chi connectivity index (χ3n) is 4.34. The van der Waals surface area contributed by atoms with E-state index in [0.29, 0.717) is 12.0 Å². The quantitative estimate of drug-likeness (QED) is 0.896. The summed E-state index contributed by atoms with van der Waals surface area (Å²) >= 11 is 0. The van der Waals surface area contributed by atoms with Gasteiger partial charge in [0.05, 0.1) is 19.9 Å². The monoisotopic (exact) mass is 293 g/mol. The lowest BCUT2D eigenvalue weighted by Gasteiger charge is -2.25. The molecule has 0 bridgehead atoms. The van der Waals surface area contributed by atoms with Gasteiger partial charge in [-0.2, -0.15) is 0 Å². The van der Waals surface area contributed by atoms with Crippen molar-refractivity contribution in [3.63, 3.8) is 0 Å². The van der Waals surface area contributed by atoms with Crippen molar-refractivity contribution in [1.82, 2.24) is 4.90 Å². The number of nitrogens with two attached hydrogens (primary N) is 1. The normalized spacial score (nSPS) is 22.4. The Bertz CT molecular complexity index is 491. The van der Waals surface area contributed by atoms with Crippen molar-refractivity contribution in [3.05, 3.63) is 17.7 Å². The lowest BCUT2D eigenvalue weighted by Crippen LogP contribution is -2.21. The largest absolute Gasteiger partial charge is 0.496 e. The van der Waals surface area contributed by atoms with Gasteiger partial charge in [-0.1, -0.05) is 0 Å². The number of rotatable bonds is 5. The van der Waals surface area contributed by atoms with Crippen LogP contribution in [0.25, 0.3) is 0 Å². The van der Waals surface area contributed by atoms with Gasteiger partial charge in [-0.25, -0.2) is 0 Å². The molecule has 0 saturated carbocycles. The molecular formula is C16H27N3O2. The van der Waals surface area contributed by atoms with Gasteiger partial charge in [-0.05, 0) is 32.0 Å². The Hall–Kier alpha value is -1.46. The van der Waals surface area contributed by atoms with E-state index in [-0.39, 0.29) is 0 Å². The van der Waals surface area contributed by atoms with E-state index < -0.39 is 0 Å². The topological polar surface area (TPSA) is 51.0 Å². The van der Waals surface area contributed by atoms with Crippen molar-refractivity contribution in [1.29, 1.82) is 0 Å². The fourth-order valence-corrected chi connectivity index (χ4v) is 3.15. The van der Waals surface area contributed by atoms with Crippen LogP contribution < -0.4 is 20.1 Å². The second kappa shape index (κ2) is 6.54. The fourth-order valence-electron chi connectivity index (χ4n) is 3.15. The summed E-state index contributed by atoms with van der Waals surface area (Å²) in [4.78, 5) is 4.39. The SMILES string of the molecule is COc1cc(N(C)C)c(OC)cc1C1CC(CN)CN1C. The fraction of sp³-hybridized carbons (Fsp3) is 0.625. The van der Waals surface area contributed by atoms with Crippen LogP contribution in [0.5, 0.6) is 11.5 Å². The summed E-state index contributed by atoms with van der Waals surface area (Å²) < 4.78 is 11.2. The smallest absolute Gasteiger partial charge is 0.142 e. The Morgan fingerprint density at radius 2 is 1.90 bits per heavy atom. The zero-order valence-electron chi connectivity index (χ0n) is 13.7. The van der Waals surface area contributed by atoms with Gasteiger partial charge in [0.1, 0.15) is 11.5 Å². The van der Waals surface area contributed by atoms with Crippen LogP contribution in [0.15, 0.2) is 12.1 Å². The Labute approximate surface area is 127 Å². The first-order chi connectivity index (χ1) is 10.0. The van der Waals surface area contributed by atoms with Crippen LogP contribution in [0, 0.1) is 5.92 Å². The van der Waals surface area contributed by atoms with Crippen LogP contribution in [-0.4, -0.2) is 53.4 Å². The highest BCUT2D eigenvalue weighted by Gasteiger charge is 2.32. The van der Waals surface area contributed by atoms with E-state index in [1.807, 2.05) is 19.0 Å². The minimum Gasteiger partial charge on any atom is -0.496 e. The van der Waals surface area contributed by atoms with Crippen LogP contribution in [0.4, 0.5) is 5.69 Å². The zero-order valence-corrected chi connectivity index (χ0v) is 13.7. The summed E-state index contributed by atoms with van der Waals surface area (Å²) in [6.45, 7) is 1.76. The molecule has 1 aromatic carbocycles. The molecule has 2 atom stereocenters. The zero-order chi connectivity index (χ0) is 15.6. The summed E-state index contributed by atoms with van der Waals surface area (Å²) in [7, 11) is 9.58. The average Bonchev–Trinajstić information content (AvgIpc) is 2.86. The summed E-state index contributed by atoms with van der Waals surface area (Å²) in [5, 5.41) is 0. The second-order valence-electron chi connectivity index (χ2n) is 5.95. The molecule has 0 amide bonds. The number of ether oxygens (including phenoxy) is 2. The molecule has 0 spiro atoms. The molecule has 1 aromatic rings. The van der Waals surface area contributed by atoms with E-state index in [9.17, 15) is 0 Å². The van der Waals surface area contributed by atoms with Gasteiger partial charge in [-0.3, -0.25) is 4.90 Å². The third-order valence-corrected chi connectivity index (χ3v) is 4.34. The van der Waals surface area contributed by atoms with Crippen molar-refractivity contribution in [3.8, 4) is 11.5 Å². The van der Waals surface area contributed by atoms with Crippen LogP contribution in [0.2, 0.25) is 0 Å². The van der Waals surface area contributed by atoms with E-state index >= 15 is 0 Å². The number of likely N-dealkylation sites (tertiary alicyclic amines) is 1. The number of benzene rings is 1. The maximum Gasteiger partial charge on any atom is 0.142 e. The molecule has 1 saturated heterocycles. The van der Waals surface area contributed by atoms with Crippen molar-refractivity contribution < 1.29 is 9.47 Å².